The van der Waals surface area contributed by atoms with Crippen LogP contribution in [0.2, 0.25) is 5.02 Å². The molecule has 1 heterocycles. The van der Waals surface area contributed by atoms with Gasteiger partial charge in [-0.3, -0.25) is 0 Å². The number of halogens is 1. The van der Waals surface area contributed by atoms with Crippen LogP contribution in [0, 0.1) is 0 Å². The number of nitrogens with zero attached hydrogens (tertiary/aromatic N) is 1. The van der Waals surface area contributed by atoms with Crippen molar-refractivity contribution in [3.05, 3.63) is 29.4 Å². The van der Waals surface area contributed by atoms with Gasteiger partial charge in [-0.1, -0.05) is 24.3 Å². The number of hydrogen-bond acceptors (Lipinski definition) is 2. The van der Waals surface area contributed by atoms with Gasteiger partial charge in [0.15, 0.2) is 0 Å². The fourth-order valence-electron chi connectivity index (χ4n) is 0.575. The summed E-state index contributed by atoms with van der Waals surface area (Å²) in [5.74, 6) is 0.354. The second-order valence-corrected chi connectivity index (χ2v) is 2.25. The third-order valence-corrected chi connectivity index (χ3v) is 1.43. The maximum Gasteiger partial charge on any atom is 0.142 e. The van der Waals surface area contributed by atoms with Crippen molar-refractivity contribution in [2.45, 2.75) is 0 Å². The molecule has 0 aliphatic carbocycles. The third kappa shape index (κ3) is 1.28. The first-order valence-corrected chi connectivity index (χ1v) is 3.15. The van der Waals surface area contributed by atoms with Gasteiger partial charge in [0, 0.05) is 6.20 Å². The van der Waals surface area contributed by atoms with Crippen LogP contribution in [0.1, 0.15) is 5.56 Å². The van der Waals surface area contributed by atoms with E-state index in [0.717, 1.165) is 5.56 Å². The largest absolute Gasteiger partial charge is 0.382 e. The van der Waals surface area contributed by atoms with E-state index in [4.69, 9.17) is 17.3 Å². The Labute approximate surface area is 64.3 Å². The van der Waals surface area contributed by atoms with Crippen LogP contribution >= 0.6 is 11.6 Å². The number of aromatic nitrogens is 1. The lowest BCUT2D eigenvalue weighted by Crippen LogP contribution is -1.90. The van der Waals surface area contributed by atoms with E-state index in [0.29, 0.717) is 10.8 Å². The van der Waals surface area contributed by atoms with Gasteiger partial charge < -0.3 is 5.73 Å². The minimum absolute atomic E-state index is 0.354. The highest BCUT2D eigenvalue weighted by atomic mass is 35.5. The van der Waals surface area contributed by atoms with Gasteiger partial charge in [0.2, 0.25) is 0 Å². The Kier molecular flexibility index (Phi) is 1.92. The van der Waals surface area contributed by atoms with Crippen LogP contribution in [-0.2, 0) is 0 Å². The first-order chi connectivity index (χ1) is 4.74. The number of nitrogens with two attached hydrogens (primary N) is 1. The van der Waals surface area contributed by atoms with Gasteiger partial charge in [-0.05, 0) is 11.6 Å². The van der Waals surface area contributed by atoms with Crippen LogP contribution in [0.5, 0.6) is 0 Å². The number of nitrogen functional groups attached to an aromatic ring is 1. The van der Waals surface area contributed by atoms with Gasteiger partial charge in [-0.2, -0.15) is 0 Å². The third-order valence-electron chi connectivity index (χ3n) is 1.13. The van der Waals surface area contributed by atoms with Crippen LogP contribution in [0.25, 0.3) is 6.08 Å². The minimum atomic E-state index is 0.354. The molecule has 0 atom stereocenters. The highest BCUT2D eigenvalue weighted by Crippen LogP contribution is 2.16. The molecule has 0 unspecified atom stereocenters. The highest BCUT2D eigenvalue weighted by molar-refractivity contribution is 6.32. The van der Waals surface area contributed by atoms with Gasteiger partial charge in [0.05, 0.1) is 5.02 Å². The molecule has 3 heteroatoms. The Morgan fingerprint density at radius 2 is 2.40 bits per heavy atom. The minimum Gasteiger partial charge on any atom is -0.382 e. The van der Waals surface area contributed by atoms with Crippen LogP contribution < -0.4 is 5.73 Å². The number of anilines is 1. The van der Waals surface area contributed by atoms with Gasteiger partial charge in [0.1, 0.15) is 5.82 Å². The molecule has 52 valence electrons. The zero-order valence-corrected chi connectivity index (χ0v) is 6.10. The van der Waals surface area contributed by atoms with Crippen LogP contribution in [0.4, 0.5) is 5.82 Å². The predicted octanol–water partition coefficient (Wildman–Crippen LogP) is 1.96. The lowest BCUT2D eigenvalue weighted by Gasteiger charge is -1.96. The Morgan fingerprint density at radius 1 is 1.70 bits per heavy atom. The SMILES string of the molecule is C=Cc1cnc(N)c(Cl)c1. The normalized spacial score (nSPS) is 9.30. The van der Waals surface area contributed by atoms with Gasteiger partial charge in [-0.25, -0.2) is 4.98 Å². The first-order valence-electron chi connectivity index (χ1n) is 2.77. The molecule has 1 aromatic rings. The van der Waals surface area contributed by atoms with E-state index in [1.165, 1.54) is 0 Å². The molecule has 2 N–H and O–H groups in total. The van der Waals surface area contributed by atoms with E-state index in [1.54, 1.807) is 18.3 Å². The lowest BCUT2D eigenvalue weighted by molar-refractivity contribution is 1.33. The molecule has 0 saturated heterocycles. The summed E-state index contributed by atoms with van der Waals surface area (Å²) in [4.78, 5) is 3.82. The van der Waals surface area contributed by atoms with Crippen molar-refractivity contribution >= 4 is 23.5 Å². The van der Waals surface area contributed by atoms with Crippen LogP contribution in [-0.4, -0.2) is 4.98 Å². The van der Waals surface area contributed by atoms with E-state index >= 15 is 0 Å². The fraction of sp³-hybridized carbons (Fsp3) is 0. The number of rotatable bonds is 1. The summed E-state index contributed by atoms with van der Waals surface area (Å²) in [6.45, 7) is 3.56. The molecule has 0 fully saturated rings. The Morgan fingerprint density at radius 3 is 2.90 bits per heavy atom. The number of hydrogen-bond donors (Lipinski definition) is 1. The summed E-state index contributed by atoms with van der Waals surface area (Å²) in [6, 6.07) is 1.72. The van der Waals surface area contributed by atoms with Crippen molar-refractivity contribution < 1.29 is 0 Å². The van der Waals surface area contributed by atoms with Crippen molar-refractivity contribution in [1.82, 2.24) is 4.98 Å². The zero-order chi connectivity index (χ0) is 7.56. The van der Waals surface area contributed by atoms with E-state index in [1.807, 2.05) is 0 Å². The second-order valence-electron chi connectivity index (χ2n) is 1.84. The fourth-order valence-corrected chi connectivity index (χ4v) is 0.750. The van der Waals surface area contributed by atoms with E-state index in [9.17, 15) is 0 Å². The van der Waals surface area contributed by atoms with Gasteiger partial charge >= 0.3 is 0 Å². The van der Waals surface area contributed by atoms with Crippen molar-refractivity contribution in [1.29, 1.82) is 0 Å². The summed E-state index contributed by atoms with van der Waals surface area (Å²) >= 11 is 5.66. The molecule has 0 bridgehead atoms. The summed E-state index contributed by atoms with van der Waals surface area (Å²) in [7, 11) is 0. The summed E-state index contributed by atoms with van der Waals surface area (Å²) in [5, 5.41) is 0.470. The molecule has 0 aliphatic heterocycles. The lowest BCUT2D eigenvalue weighted by atomic mass is 10.3. The molecule has 10 heavy (non-hydrogen) atoms. The van der Waals surface area contributed by atoms with Gasteiger partial charge in [0.25, 0.3) is 0 Å². The quantitative estimate of drug-likeness (QED) is 0.672. The van der Waals surface area contributed by atoms with E-state index in [2.05, 4.69) is 11.6 Å². The number of pyridine rings is 1. The van der Waals surface area contributed by atoms with Crippen molar-refractivity contribution in [2.75, 3.05) is 5.73 Å². The predicted molar refractivity (Wildman–Crippen MR) is 43.8 cm³/mol. The molecule has 0 amide bonds. The second kappa shape index (κ2) is 2.71. The first kappa shape index (κ1) is 7.09. The molecular weight excluding hydrogens is 148 g/mol. The molecule has 0 aromatic carbocycles. The van der Waals surface area contributed by atoms with Gasteiger partial charge in [-0.15, -0.1) is 0 Å². The van der Waals surface area contributed by atoms with Crippen molar-refractivity contribution in [3.63, 3.8) is 0 Å². The molecular formula is C7H7ClN2. The van der Waals surface area contributed by atoms with Crippen LogP contribution in [0.3, 0.4) is 0 Å². The average molecular weight is 155 g/mol. The summed E-state index contributed by atoms with van der Waals surface area (Å²) in [6.07, 6.45) is 3.28. The van der Waals surface area contributed by atoms with E-state index < -0.39 is 0 Å². The smallest absolute Gasteiger partial charge is 0.142 e. The molecule has 0 spiro atoms. The summed E-state index contributed by atoms with van der Waals surface area (Å²) < 4.78 is 0. The molecule has 0 aliphatic rings. The van der Waals surface area contributed by atoms with Crippen molar-refractivity contribution in [2.24, 2.45) is 0 Å². The molecule has 0 radical (unpaired) electrons. The zero-order valence-electron chi connectivity index (χ0n) is 5.34. The molecule has 0 saturated carbocycles. The van der Waals surface area contributed by atoms with Crippen LogP contribution in [0.15, 0.2) is 18.8 Å². The Bertz CT molecular complexity index is 258. The molecule has 1 rings (SSSR count). The average Bonchev–Trinajstić information content (AvgIpc) is 1.95. The Balaban J connectivity index is 3.16. The standard InChI is InChI=1S/C7H7ClN2/c1-2-5-3-6(8)7(9)10-4-5/h2-4H,1H2,(H2,9,10). The summed E-state index contributed by atoms with van der Waals surface area (Å²) in [5.41, 5.74) is 6.24. The maximum atomic E-state index is 5.66. The monoisotopic (exact) mass is 154 g/mol. The maximum absolute atomic E-state index is 5.66. The molecule has 2 nitrogen and oxygen atoms in total. The highest BCUT2D eigenvalue weighted by Gasteiger charge is 1.95. The van der Waals surface area contributed by atoms with Crippen molar-refractivity contribution in [3.8, 4) is 0 Å². The van der Waals surface area contributed by atoms with E-state index in [-0.39, 0.29) is 0 Å². The Hall–Kier alpha value is -1.02. The topological polar surface area (TPSA) is 38.9 Å². The molecule has 1 aromatic heterocycles.